The molecule has 1 aromatic rings. The minimum absolute atomic E-state index is 0.328. The zero-order valence-electron chi connectivity index (χ0n) is 22.4. The van der Waals surface area contributed by atoms with E-state index in [0.717, 1.165) is 63.4 Å². The molecule has 34 heavy (non-hydrogen) atoms. The first-order valence-corrected chi connectivity index (χ1v) is 12.2. The van der Waals surface area contributed by atoms with E-state index in [0.29, 0.717) is 16.9 Å². The molecule has 0 atom stereocenters. The number of hydrogen-bond donors (Lipinski definition) is 0. The summed E-state index contributed by atoms with van der Waals surface area (Å²) in [5.74, 6) is 1.26. The summed E-state index contributed by atoms with van der Waals surface area (Å²) >= 11 is 0. The first-order chi connectivity index (χ1) is 16.4. The Morgan fingerprint density at radius 2 is 1.79 bits per heavy atom. The summed E-state index contributed by atoms with van der Waals surface area (Å²) in [6.07, 6.45) is 9.86. The lowest BCUT2D eigenvalue weighted by Crippen LogP contribution is -2.41. The summed E-state index contributed by atoms with van der Waals surface area (Å²) in [6.45, 7) is 13.7. The van der Waals surface area contributed by atoms with Crippen LogP contribution >= 0.6 is 0 Å². The zero-order chi connectivity index (χ0) is 25.6. The van der Waals surface area contributed by atoms with Crippen LogP contribution in [0.1, 0.15) is 70.8 Å². The smallest absolute Gasteiger partial charge is 0.358 e. The SMILES string of the molecule is CC.CC/C(=C\C=C(C)C)OC.COC(=O)c1ncc(OC)cc1N1CCC2(CCOC2)CC1. The molecule has 1 spiro atoms. The molecule has 0 aromatic carbocycles. The van der Waals surface area contributed by atoms with Gasteiger partial charge in [0.2, 0.25) is 0 Å². The van der Waals surface area contributed by atoms with Crippen molar-refractivity contribution < 1.29 is 23.7 Å². The summed E-state index contributed by atoms with van der Waals surface area (Å²) in [4.78, 5) is 18.4. The van der Waals surface area contributed by atoms with Crippen molar-refractivity contribution in [2.75, 3.05) is 52.5 Å². The molecule has 0 unspecified atom stereocenters. The van der Waals surface area contributed by atoms with Crippen LogP contribution in [0.2, 0.25) is 0 Å². The molecule has 3 heterocycles. The average molecular weight is 477 g/mol. The largest absolute Gasteiger partial charge is 0.501 e. The fourth-order valence-electron chi connectivity index (χ4n) is 3.90. The van der Waals surface area contributed by atoms with E-state index in [1.165, 1.54) is 12.7 Å². The van der Waals surface area contributed by atoms with Gasteiger partial charge >= 0.3 is 5.97 Å². The summed E-state index contributed by atoms with van der Waals surface area (Å²) in [5.41, 5.74) is 2.76. The number of carbonyl (C=O) groups is 1. The number of aromatic nitrogens is 1. The first-order valence-electron chi connectivity index (χ1n) is 12.2. The maximum absolute atomic E-state index is 12.0. The number of hydrogen-bond acceptors (Lipinski definition) is 7. The molecule has 1 aromatic heterocycles. The molecule has 0 saturated carbocycles. The molecule has 2 aliphatic rings. The molecule has 3 rings (SSSR count). The van der Waals surface area contributed by atoms with Gasteiger partial charge in [-0.3, -0.25) is 0 Å². The Balaban J connectivity index is 0.000000409. The second-order valence-corrected chi connectivity index (χ2v) is 8.46. The maximum atomic E-state index is 12.0. The van der Waals surface area contributed by atoms with Crippen molar-refractivity contribution >= 4 is 11.7 Å². The van der Waals surface area contributed by atoms with Crippen LogP contribution in [0.3, 0.4) is 0 Å². The number of anilines is 1. The van der Waals surface area contributed by atoms with Gasteiger partial charge in [-0.2, -0.15) is 0 Å². The van der Waals surface area contributed by atoms with Gasteiger partial charge in [-0.05, 0) is 44.6 Å². The number of nitrogens with zero attached hydrogens (tertiary/aromatic N) is 2. The summed E-state index contributed by atoms with van der Waals surface area (Å²) in [5, 5.41) is 0. The van der Waals surface area contributed by atoms with Crippen LogP contribution in [-0.2, 0) is 14.2 Å². The van der Waals surface area contributed by atoms with Crippen molar-refractivity contribution in [1.29, 1.82) is 0 Å². The monoisotopic (exact) mass is 476 g/mol. The van der Waals surface area contributed by atoms with E-state index in [9.17, 15) is 4.79 Å². The Labute approximate surface area is 206 Å². The Bertz CT molecular complexity index is 793. The Morgan fingerprint density at radius 3 is 2.26 bits per heavy atom. The first kappa shape index (κ1) is 29.5. The third-order valence-corrected chi connectivity index (χ3v) is 6.02. The van der Waals surface area contributed by atoms with Gasteiger partial charge in [0, 0.05) is 32.2 Å². The molecule has 7 heteroatoms. The second-order valence-electron chi connectivity index (χ2n) is 8.46. The van der Waals surface area contributed by atoms with E-state index in [4.69, 9.17) is 18.9 Å². The van der Waals surface area contributed by atoms with E-state index < -0.39 is 5.97 Å². The number of carbonyl (C=O) groups excluding carboxylic acids is 1. The van der Waals surface area contributed by atoms with Crippen LogP contribution in [0.25, 0.3) is 0 Å². The highest BCUT2D eigenvalue weighted by atomic mass is 16.5. The van der Waals surface area contributed by atoms with E-state index in [-0.39, 0.29) is 0 Å². The number of piperidine rings is 1. The minimum Gasteiger partial charge on any atom is -0.501 e. The molecule has 2 aliphatic heterocycles. The van der Waals surface area contributed by atoms with E-state index in [1.54, 1.807) is 20.4 Å². The zero-order valence-corrected chi connectivity index (χ0v) is 22.4. The van der Waals surface area contributed by atoms with Crippen molar-refractivity contribution in [3.05, 3.63) is 41.4 Å². The lowest BCUT2D eigenvalue weighted by Gasteiger charge is -2.39. The number of esters is 1. The predicted molar refractivity (Wildman–Crippen MR) is 138 cm³/mol. The fourth-order valence-corrected chi connectivity index (χ4v) is 3.90. The molecule has 2 fully saturated rings. The number of ether oxygens (including phenoxy) is 4. The topological polar surface area (TPSA) is 70.1 Å². The normalized spacial score (nSPS) is 16.5. The Kier molecular flexibility index (Phi) is 13.3. The van der Waals surface area contributed by atoms with Crippen molar-refractivity contribution in [3.8, 4) is 5.75 Å². The molecular formula is C27H44N2O5. The molecule has 192 valence electrons. The highest BCUT2D eigenvalue weighted by Gasteiger charge is 2.38. The molecule has 0 radical (unpaired) electrons. The highest BCUT2D eigenvalue weighted by Crippen LogP contribution is 2.40. The average Bonchev–Trinajstić information content (AvgIpc) is 3.33. The van der Waals surface area contributed by atoms with Crippen LogP contribution in [0.4, 0.5) is 5.69 Å². The van der Waals surface area contributed by atoms with E-state index >= 15 is 0 Å². The summed E-state index contributed by atoms with van der Waals surface area (Å²) < 4.78 is 20.7. The van der Waals surface area contributed by atoms with Crippen LogP contribution < -0.4 is 9.64 Å². The number of allylic oxidation sites excluding steroid dienone is 4. The molecule has 7 nitrogen and oxygen atoms in total. The van der Waals surface area contributed by atoms with E-state index in [2.05, 4.69) is 36.7 Å². The van der Waals surface area contributed by atoms with Gasteiger partial charge in [0.25, 0.3) is 0 Å². The van der Waals surface area contributed by atoms with Gasteiger partial charge in [0.1, 0.15) is 5.75 Å². The van der Waals surface area contributed by atoms with Crippen LogP contribution in [0.15, 0.2) is 35.7 Å². The Morgan fingerprint density at radius 1 is 1.12 bits per heavy atom. The second kappa shape index (κ2) is 15.4. The van der Waals surface area contributed by atoms with Gasteiger partial charge in [-0.25, -0.2) is 9.78 Å². The standard InChI is InChI=1S/C16H22N2O4.C9H16O.C2H6/c1-20-12-9-13(14(17-10-12)15(19)21-2)18-6-3-16(4-7-18)5-8-22-11-16;1-5-9(10-4)7-6-8(2)3;1-2/h9-10H,3-8,11H2,1-2H3;6-7H,5H2,1-4H3;1-2H3/b;9-7+;. The number of rotatable bonds is 6. The van der Waals surface area contributed by atoms with Crippen LogP contribution in [0, 0.1) is 5.41 Å². The van der Waals surface area contributed by atoms with Crippen molar-refractivity contribution in [2.24, 2.45) is 5.41 Å². The summed E-state index contributed by atoms with van der Waals surface area (Å²) in [6, 6.07) is 1.86. The van der Waals surface area contributed by atoms with Crippen LogP contribution in [0.5, 0.6) is 5.75 Å². The van der Waals surface area contributed by atoms with Gasteiger partial charge in [0.05, 0.1) is 45.6 Å². The summed E-state index contributed by atoms with van der Waals surface area (Å²) in [7, 11) is 4.67. The predicted octanol–water partition coefficient (Wildman–Crippen LogP) is 5.80. The van der Waals surface area contributed by atoms with Gasteiger partial charge in [-0.1, -0.05) is 32.4 Å². The maximum Gasteiger partial charge on any atom is 0.358 e. The van der Waals surface area contributed by atoms with E-state index in [1.807, 2.05) is 26.0 Å². The minimum atomic E-state index is -0.415. The molecule has 0 amide bonds. The Hall–Kier alpha value is -2.54. The highest BCUT2D eigenvalue weighted by molar-refractivity contribution is 5.94. The fraction of sp³-hybridized carbons (Fsp3) is 0.630. The van der Waals surface area contributed by atoms with Crippen LogP contribution in [-0.4, -0.2) is 58.6 Å². The quantitative estimate of drug-likeness (QED) is 0.292. The van der Waals surface area contributed by atoms with Gasteiger partial charge in [-0.15, -0.1) is 0 Å². The third-order valence-electron chi connectivity index (χ3n) is 6.02. The van der Waals surface area contributed by atoms with Gasteiger partial charge < -0.3 is 23.8 Å². The molecule has 0 aliphatic carbocycles. The van der Waals surface area contributed by atoms with Crippen molar-refractivity contribution in [2.45, 2.75) is 60.3 Å². The number of pyridine rings is 1. The van der Waals surface area contributed by atoms with Gasteiger partial charge in [0.15, 0.2) is 5.69 Å². The third kappa shape index (κ3) is 8.67. The van der Waals surface area contributed by atoms with Crippen molar-refractivity contribution in [3.63, 3.8) is 0 Å². The van der Waals surface area contributed by atoms with Crippen molar-refractivity contribution in [1.82, 2.24) is 4.98 Å². The number of methoxy groups -OCH3 is 3. The lowest BCUT2D eigenvalue weighted by molar-refractivity contribution is 0.0594. The lowest BCUT2D eigenvalue weighted by atomic mass is 9.78. The molecule has 2 saturated heterocycles. The molecule has 0 bridgehead atoms. The molecule has 0 N–H and O–H groups in total. The molecular weight excluding hydrogens is 432 g/mol.